The minimum absolute atomic E-state index is 0.433. The first-order chi connectivity index (χ1) is 4.88. The van der Waals surface area contributed by atoms with Crippen LogP contribution in [0.15, 0.2) is 12.7 Å². The minimum atomic E-state index is 0.433. The van der Waals surface area contributed by atoms with Crippen molar-refractivity contribution >= 4 is 17.0 Å². The number of nitrogen functional groups attached to an aromatic ring is 1. The van der Waals surface area contributed by atoms with Crippen LogP contribution in [0, 0.1) is 0 Å². The molecule has 0 fully saturated rings. The van der Waals surface area contributed by atoms with Gasteiger partial charge in [-0.25, -0.2) is 15.0 Å². The van der Waals surface area contributed by atoms with Crippen LogP contribution in [0.1, 0.15) is 0 Å². The molecule has 2 heterocycles. The average molecular weight is 140 g/mol. The average Bonchev–Trinajstić information content (AvgIpc) is 2.36. The predicted molar refractivity (Wildman–Crippen MR) is 36.1 cm³/mol. The first kappa shape index (κ1) is 5.16. The molecule has 0 aliphatic carbocycles. The lowest BCUT2D eigenvalue weighted by atomic mass is 11.4. The van der Waals surface area contributed by atoms with Crippen molar-refractivity contribution in [1.29, 1.82) is 0 Å². The molecule has 0 aromatic carbocycles. The van der Waals surface area contributed by atoms with Crippen LogP contribution in [0.3, 0.4) is 0 Å². The molecule has 0 unspecified atom stereocenters. The molecule has 0 atom stereocenters. The molecule has 0 aliphatic heterocycles. The van der Waals surface area contributed by atoms with Gasteiger partial charge in [0.1, 0.15) is 11.8 Å². The van der Waals surface area contributed by atoms with Gasteiger partial charge in [-0.2, -0.15) is 0 Å². The van der Waals surface area contributed by atoms with Crippen LogP contribution < -0.4 is 5.73 Å². The molecule has 0 aliphatic rings. The third-order valence-electron chi connectivity index (χ3n) is 1.25. The van der Waals surface area contributed by atoms with Gasteiger partial charge >= 0.3 is 0 Å². The van der Waals surface area contributed by atoms with E-state index in [1.54, 1.807) is 0 Å². The Labute approximate surface area is 56.3 Å². The molecular formula is C5H5N5. The van der Waals surface area contributed by atoms with Crippen molar-refractivity contribution in [2.24, 2.45) is 0 Å². The number of aromatic nitrogens is 4. The van der Waals surface area contributed by atoms with Crippen molar-refractivity contribution in [1.82, 2.24) is 19.9 Å². The highest BCUT2D eigenvalue weighted by molar-refractivity contribution is 5.80. The van der Waals surface area contributed by atoms with E-state index in [9.17, 15) is 0 Å². The van der Waals surface area contributed by atoms with Gasteiger partial charge in [-0.1, -0.05) is 0 Å². The topological polar surface area (TPSA) is 80.5 Å². The maximum Gasteiger partial charge on any atom is 0.182 e. The summed E-state index contributed by atoms with van der Waals surface area (Å²) in [5, 5.41) is 0. The number of imidazole rings is 1. The summed E-state index contributed by atoms with van der Waals surface area (Å²) in [7, 11) is 0. The predicted octanol–water partition coefficient (Wildman–Crippen LogP) is -0.0649. The zero-order valence-corrected chi connectivity index (χ0v) is 5.07. The number of nitrogens with zero attached hydrogens (tertiary/aromatic N) is 3. The lowest BCUT2D eigenvalue weighted by Crippen LogP contribution is -1.91. The SMILES string of the molecule is N[13c]1n[13cH]n[13c]2n[13cH][nH][13c]12. The number of rotatable bonds is 0. The highest BCUT2D eigenvalue weighted by Gasteiger charge is 1.99. The van der Waals surface area contributed by atoms with Crippen LogP contribution in [0.4, 0.5) is 5.82 Å². The molecule has 0 amide bonds. The number of aromatic amines is 1. The van der Waals surface area contributed by atoms with E-state index in [1.807, 2.05) is 0 Å². The number of nitrogens with two attached hydrogens (primary N) is 1. The Morgan fingerprint density at radius 1 is 1.30 bits per heavy atom. The van der Waals surface area contributed by atoms with E-state index in [0.29, 0.717) is 17.0 Å². The Hall–Kier alpha value is -1.65. The fraction of sp³-hybridized carbons (Fsp3) is 0. The number of hydrogen-bond acceptors (Lipinski definition) is 4. The number of nitrogens with one attached hydrogen (secondary N) is 1. The summed E-state index contributed by atoms with van der Waals surface area (Å²) in [5.41, 5.74) is 6.78. The summed E-state index contributed by atoms with van der Waals surface area (Å²) in [4.78, 5) is 14.4. The number of anilines is 1. The van der Waals surface area contributed by atoms with Gasteiger partial charge in [-0.15, -0.1) is 0 Å². The van der Waals surface area contributed by atoms with Crippen molar-refractivity contribution in [3.63, 3.8) is 0 Å². The Bertz CT molecular complexity index is 352. The molecule has 5 nitrogen and oxygen atoms in total. The second-order valence-electron chi connectivity index (χ2n) is 1.86. The van der Waals surface area contributed by atoms with Crippen LogP contribution in [-0.2, 0) is 0 Å². The highest BCUT2D eigenvalue weighted by Crippen LogP contribution is 2.09. The quantitative estimate of drug-likeness (QED) is 0.537. The summed E-state index contributed by atoms with van der Waals surface area (Å²) in [6.07, 6.45) is 2.92. The molecule has 5 heteroatoms. The van der Waals surface area contributed by atoms with Crippen LogP contribution >= 0.6 is 0 Å². The van der Waals surface area contributed by atoms with Crippen LogP contribution in [0.5, 0.6) is 0 Å². The van der Waals surface area contributed by atoms with Crippen LogP contribution in [-0.4, -0.2) is 19.9 Å². The minimum Gasteiger partial charge on any atom is -0.382 e. The third-order valence-corrected chi connectivity index (χ3v) is 1.25. The van der Waals surface area contributed by atoms with E-state index < -0.39 is 0 Å². The largest absolute Gasteiger partial charge is 0.382 e. The van der Waals surface area contributed by atoms with Crippen molar-refractivity contribution in [3.05, 3.63) is 12.7 Å². The van der Waals surface area contributed by atoms with E-state index in [-0.39, 0.29) is 0 Å². The highest BCUT2D eigenvalue weighted by atomic mass is 15.4. The second-order valence-corrected chi connectivity index (χ2v) is 1.86. The molecule has 3 N–H and O–H groups in total. The lowest BCUT2D eigenvalue weighted by molar-refractivity contribution is 1.21. The van der Waals surface area contributed by atoms with Gasteiger partial charge in [0.25, 0.3) is 0 Å². The summed E-state index contributed by atoms with van der Waals surface area (Å²) in [6, 6.07) is 0. The lowest BCUT2D eigenvalue weighted by Gasteiger charge is -1.89. The molecule has 10 heavy (non-hydrogen) atoms. The van der Waals surface area contributed by atoms with Gasteiger partial charge < -0.3 is 10.7 Å². The summed E-state index contributed by atoms with van der Waals surface area (Å²) >= 11 is 0. The van der Waals surface area contributed by atoms with Gasteiger partial charge in [-0.3, -0.25) is 0 Å². The maximum atomic E-state index is 5.48. The molecule has 2 aromatic rings. The molecular weight excluding hydrogens is 135 g/mol. The van der Waals surface area contributed by atoms with Crippen LogP contribution in [0.25, 0.3) is 11.2 Å². The van der Waals surface area contributed by atoms with Gasteiger partial charge in [0, 0.05) is 0 Å². The van der Waals surface area contributed by atoms with E-state index in [2.05, 4.69) is 19.9 Å². The smallest absolute Gasteiger partial charge is 0.182 e. The molecule has 2 aromatic heterocycles. The maximum absolute atomic E-state index is 5.48. The van der Waals surface area contributed by atoms with Gasteiger partial charge in [0.05, 0.1) is 6.33 Å². The molecule has 2 rings (SSSR count). The van der Waals surface area contributed by atoms with Gasteiger partial charge in [0.15, 0.2) is 11.5 Å². The van der Waals surface area contributed by atoms with E-state index in [0.717, 1.165) is 0 Å². The van der Waals surface area contributed by atoms with Gasteiger partial charge in [-0.05, 0) is 0 Å². The summed E-state index contributed by atoms with van der Waals surface area (Å²) in [5.74, 6) is 0.433. The monoisotopic (exact) mass is 140 g/mol. The zero-order chi connectivity index (χ0) is 6.97. The fourth-order valence-corrected chi connectivity index (χ4v) is 0.784. The van der Waals surface area contributed by atoms with Crippen molar-refractivity contribution < 1.29 is 0 Å². The van der Waals surface area contributed by atoms with Crippen LogP contribution in [0.2, 0.25) is 0 Å². The fourth-order valence-electron chi connectivity index (χ4n) is 0.784. The number of fused-ring (bicyclic) bond motifs is 1. The molecule has 50 valence electrons. The number of H-pyrrole nitrogens is 1. The van der Waals surface area contributed by atoms with Gasteiger partial charge in [0.2, 0.25) is 0 Å². The number of hydrogen-bond donors (Lipinski definition) is 2. The molecule has 0 radical (unpaired) electrons. The molecule has 0 bridgehead atoms. The Kier molecular flexibility index (Phi) is 0.858. The van der Waals surface area contributed by atoms with Crippen molar-refractivity contribution in [3.8, 4) is 0 Å². The first-order valence-electron chi connectivity index (χ1n) is 2.77. The molecule has 0 saturated heterocycles. The summed E-state index contributed by atoms with van der Waals surface area (Å²) in [6.45, 7) is 0. The van der Waals surface area contributed by atoms with E-state index in [4.69, 9.17) is 5.73 Å². The Balaban J connectivity index is 2.95. The third kappa shape index (κ3) is 0.540. The second kappa shape index (κ2) is 1.66. The Morgan fingerprint density at radius 3 is 3.00 bits per heavy atom. The molecule has 0 saturated carbocycles. The molecule has 0 spiro atoms. The summed E-state index contributed by atoms with van der Waals surface area (Å²) < 4.78 is 0. The zero-order valence-electron chi connectivity index (χ0n) is 5.07. The van der Waals surface area contributed by atoms with E-state index in [1.165, 1.54) is 12.7 Å². The Morgan fingerprint density at radius 2 is 2.20 bits per heavy atom. The van der Waals surface area contributed by atoms with Crippen molar-refractivity contribution in [2.45, 2.75) is 0 Å². The first-order valence-corrected chi connectivity index (χ1v) is 2.77. The van der Waals surface area contributed by atoms with Crippen molar-refractivity contribution in [2.75, 3.05) is 5.73 Å². The van der Waals surface area contributed by atoms with E-state index >= 15 is 0 Å². The normalized spacial score (nSPS) is 10.4. The standard InChI is InChI=1S/C5H5N5/c6-4-3-5(9-1-7-3)10-2-8-4/h1-2H,(H3,6,7,8,9,10)/i1+1,2+1,3+1,4+1,5+1.